The van der Waals surface area contributed by atoms with Crippen LogP contribution in [0.1, 0.15) is 26.7 Å². The molecule has 0 fully saturated rings. The number of sulfonamides is 1. The number of benzene rings is 1. The van der Waals surface area contributed by atoms with Gasteiger partial charge in [-0.05, 0) is 37.0 Å². The van der Waals surface area contributed by atoms with Crippen LogP contribution in [0.3, 0.4) is 0 Å². The van der Waals surface area contributed by atoms with Gasteiger partial charge in [0.15, 0.2) is 0 Å². The van der Waals surface area contributed by atoms with Crippen molar-refractivity contribution < 1.29 is 12.8 Å². The zero-order valence-electron chi connectivity index (χ0n) is 10.6. The van der Waals surface area contributed by atoms with Crippen molar-refractivity contribution in [2.75, 3.05) is 12.3 Å². The number of nitrogens with one attached hydrogen (secondary N) is 1. The van der Waals surface area contributed by atoms with Crippen LogP contribution in [0.25, 0.3) is 0 Å². The average Bonchev–Trinajstić information content (AvgIpc) is 2.23. The van der Waals surface area contributed by atoms with Gasteiger partial charge in [-0.3, -0.25) is 0 Å². The molecule has 0 heterocycles. The standard InChI is InChI=1S/C12H19FN2O2S/c1-9(2)4-3-5-15-18(16,17)12-7-10(13)6-11(14)8-12/h6-9,15H,3-5,14H2,1-2H3. The minimum atomic E-state index is -3.67. The van der Waals surface area contributed by atoms with Gasteiger partial charge in [0, 0.05) is 12.2 Å². The third-order valence-electron chi connectivity index (χ3n) is 2.45. The van der Waals surface area contributed by atoms with Gasteiger partial charge in [0.05, 0.1) is 4.90 Å². The highest BCUT2D eigenvalue weighted by Crippen LogP contribution is 2.15. The highest BCUT2D eigenvalue weighted by atomic mass is 32.2. The molecule has 0 atom stereocenters. The van der Waals surface area contributed by atoms with Crippen LogP contribution in [0.15, 0.2) is 23.1 Å². The van der Waals surface area contributed by atoms with Crippen molar-refractivity contribution in [1.29, 1.82) is 0 Å². The molecule has 1 aromatic carbocycles. The average molecular weight is 274 g/mol. The van der Waals surface area contributed by atoms with Crippen molar-refractivity contribution in [2.24, 2.45) is 5.92 Å². The van der Waals surface area contributed by atoms with E-state index in [0.717, 1.165) is 25.0 Å². The number of nitrogen functional groups attached to an aromatic ring is 1. The Morgan fingerprint density at radius 1 is 1.33 bits per heavy atom. The van der Waals surface area contributed by atoms with E-state index < -0.39 is 15.8 Å². The van der Waals surface area contributed by atoms with E-state index in [2.05, 4.69) is 18.6 Å². The lowest BCUT2D eigenvalue weighted by atomic mass is 10.1. The molecule has 0 radical (unpaired) electrons. The van der Waals surface area contributed by atoms with Gasteiger partial charge in [-0.2, -0.15) is 0 Å². The van der Waals surface area contributed by atoms with Gasteiger partial charge in [-0.15, -0.1) is 0 Å². The van der Waals surface area contributed by atoms with E-state index in [1.54, 1.807) is 0 Å². The number of halogens is 1. The molecule has 0 aliphatic rings. The Morgan fingerprint density at radius 2 is 2.00 bits per heavy atom. The van der Waals surface area contributed by atoms with Crippen LogP contribution >= 0.6 is 0 Å². The molecule has 0 aromatic heterocycles. The van der Waals surface area contributed by atoms with Crippen molar-refractivity contribution in [2.45, 2.75) is 31.6 Å². The number of hydrogen-bond acceptors (Lipinski definition) is 3. The highest BCUT2D eigenvalue weighted by molar-refractivity contribution is 7.89. The lowest BCUT2D eigenvalue weighted by Gasteiger charge is -2.08. The Morgan fingerprint density at radius 3 is 2.56 bits per heavy atom. The van der Waals surface area contributed by atoms with Crippen LogP contribution in [0.5, 0.6) is 0 Å². The Balaban J connectivity index is 2.68. The SMILES string of the molecule is CC(C)CCCNS(=O)(=O)c1cc(N)cc(F)c1. The quantitative estimate of drug-likeness (QED) is 0.616. The van der Waals surface area contributed by atoms with E-state index in [0.29, 0.717) is 12.5 Å². The Labute approximate surface area is 107 Å². The molecule has 3 N–H and O–H groups in total. The maximum atomic E-state index is 13.1. The van der Waals surface area contributed by atoms with Crippen LogP contribution < -0.4 is 10.5 Å². The summed E-state index contributed by atoms with van der Waals surface area (Å²) in [5, 5.41) is 0. The summed E-state index contributed by atoms with van der Waals surface area (Å²) in [6.45, 7) is 4.49. The third kappa shape index (κ3) is 4.62. The first-order chi connectivity index (χ1) is 8.31. The summed E-state index contributed by atoms with van der Waals surface area (Å²) in [6.07, 6.45) is 1.69. The van der Waals surface area contributed by atoms with Gasteiger partial charge in [0.1, 0.15) is 5.82 Å². The Hall–Kier alpha value is -1.14. The fourth-order valence-electron chi connectivity index (χ4n) is 1.54. The summed E-state index contributed by atoms with van der Waals surface area (Å²) in [7, 11) is -3.67. The van der Waals surface area contributed by atoms with E-state index in [1.807, 2.05) is 0 Å². The van der Waals surface area contributed by atoms with Gasteiger partial charge in [-0.25, -0.2) is 17.5 Å². The van der Waals surface area contributed by atoms with E-state index in [-0.39, 0.29) is 10.6 Å². The van der Waals surface area contributed by atoms with Crippen LogP contribution in [0.4, 0.5) is 10.1 Å². The molecule has 102 valence electrons. The van der Waals surface area contributed by atoms with Gasteiger partial charge < -0.3 is 5.73 Å². The van der Waals surface area contributed by atoms with Crippen LogP contribution in [0.2, 0.25) is 0 Å². The summed E-state index contributed by atoms with van der Waals surface area (Å²) in [4.78, 5) is -0.135. The molecule has 0 bridgehead atoms. The van der Waals surface area contributed by atoms with Gasteiger partial charge in [0.25, 0.3) is 0 Å². The van der Waals surface area contributed by atoms with E-state index in [9.17, 15) is 12.8 Å². The summed E-state index contributed by atoms with van der Waals surface area (Å²) in [5.74, 6) is -0.128. The Bertz CT molecular complexity index is 481. The second-order valence-corrected chi connectivity index (χ2v) is 6.42. The van der Waals surface area contributed by atoms with Gasteiger partial charge in [-0.1, -0.05) is 13.8 Å². The fraction of sp³-hybridized carbons (Fsp3) is 0.500. The topological polar surface area (TPSA) is 72.2 Å². The normalized spacial score (nSPS) is 12.0. The lowest BCUT2D eigenvalue weighted by Crippen LogP contribution is -2.25. The first-order valence-corrected chi connectivity index (χ1v) is 7.35. The van der Waals surface area contributed by atoms with Crippen LogP contribution in [0, 0.1) is 11.7 Å². The van der Waals surface area contributed by atoms with Crippen molar-refractivity contribution >= 4 is 15.7 Å². The van der Waals surface area contributed by atoms with E-state index in [4.69, 9.17) is 5.73 Å². The molecule has 0 aliphatic heterocycles. The molecular formula is C12H19FN2O2S. The largest absolute Gasteiger partial charge is 0.399 e. The van der Waals surface area contributed by atoms with Crippen molar-refractivity contribution in [3.63, 3.8) is 0 Å². The summed E-state index contributed by atoms with van der Waals surface area (Å²) < 4.78 is 39.2. The monoisotopic (exact) mass is 274 g/mol. The molecule has 1 rings (SSSR count). The first kappa shape index (κ1) is 14.9. The number of anilines is 1. The zero-order valence-corrected chi connectivity index (χ0v) is 11.4. The number of rotatable bonds is 6. The highest BCUT2D eigenvalue weighted by Gasteiger charge is 2.15. The first-order valence-electron chi connectivity index (χ1n) is 5.87. The van der Waals surface area contributed by atoms with Crippen LogP contribution in [-0.4, -0.2) is 15.0 Å². The predicted molar refractivity (Wildman–Crippen MR) is 70.1 cm³/mol. The summed E-state index contributed by atoms with van der Waals surface area (Å²) >= 11 is 0. The molecular weight excluding hydrogens is 255 g/mol. The second kappa shape index (κ2) is 6.15. The van der Waals surface area contributed by atoms with Crippen molar-refractivity contribution in [1.82, 2.24) is 4.72 Å². The molecule has 0 unspecified atom stereocenters. The minimum Gasteiger partial charge on any atom is -0.399 e. The Kier molecular flexibility index (Phi) is 5.10. The number of nitrogens with two attached hydrogens (primary N) is 1. The van der Waals surface area contributed by atoms with Crippen molar-refractivity contribution in [3.8, 4) is 0 Å². The second-order valence-electron chi connectivity index (χ2n) is 4.65. The molecule has 0 aliphatic carbocycles. The number of hydrogen-bond donors (Lipinski definition) is 2. The maximum absolute atomic E-state index is 13.1. The minimum absolute atomic E-state index is 0.0950. The van der Waals surface area contributed by atoms with Crippen LogP contribution in [-0.2, 0) is 10.0 Å². The maximum Gasteiger partial charge on any atom is 0.240 e. The third-order valence-corrected chi connectivity index (χ3v) is 3.89. The van der Waals surface area contributed by atoms with Crippen molar-refractivity contribution in [3.05, 3.63) is 24.0 Å². The molecule has 0 saturated heterocycles. The zero-order chi connectivity index (χ0) is 13.8. The molecule has 4 nitrogen and oxygen atoms in total. The van der Waals surface area contributed by atoms with E-state index in [1.165, 1.54) is 6.07 Å². The van der Waals surface area contributed by atoms with Gasteiger partial charge in [0.2, 0.25) is 10.0 Å². The molecule has 0 spiro atoms. The fourth-order valence-corrected chi connectivity index (χ4v) is 2.68. The summed E-state index contributed by atoms with van der Waals surface area (Å²) in [6, 6.07) is 3.28. The molecule has 6 heteroatoms. The molecule has 18 heavy (non-hydrogen) atoms. The molecule has 1 aromatic rings. The summed E-state index contributed by atoms with van der Waals surface area (Å²) in [5.41, 5.74) is 5.51. The smallest absolute Gasteiger partial charge is 0.240 e. The van der Waals surface area contributed by atoms with E-state index >= 15 is 0 Å². The molecule has 0 saturated carbocycles. The van der Waals surface area contributed by atoms with Gasteiger partial charge >= 0.3 is 0 Å². The lowest BCUT2D eigenvalue weighted by molar-refractivity contribution is 0.539. The molecule has 0 amide bonds. The predicted octanol–water partition coefficient (Wildman–Crippen LogP) is 2.12.